The molecule has 1 aromatic carbocycles. The number of carbonyl (C=O) groups is 1. The van der Waals surface area contributed by atoms with Gasteiger partial charge in [0.15, 0.2) is 0 Å². The maximum absolute atomic E-state index is 12.3. The van der Waals surface area contributed by atoms with Crippen molar-refractivity contribution in [1.29, 1.82) is 0 Å². The molecule has 0 atom stereocenters. The normalized spacial score (nSPS) is 17.6. The van der Waals surface area contributed by atoms with Gasteiger partial charge in [-0.1, -0.05) is 24.3 Å². The molecule has 0 unspecified atom stereocenters. The molecular weight excluding hydrogens is 415 g/mol. The van der Waals surface area contributed by atoms with Crippen molar-refractivity contribution >= 4 is 28.4 Å². The van der Waals surface area contributed by atoms with Gasteiger partial charge in [0.25, 0.3) is 5.91 Å². The van der Waals surface area contributed by atoms with Crippen LogP contribution in [0.15, 0.2) is 63.3 Å². The van der Waals surface area contributed by atoms with Crippen LogP contribution >= 0.6 is 11.8 Å². The predicted octanol–water partition coefficient (Wildman–Crippen LogP) is 5.75. The van der Waals surface area contributed by atoms with Crippen LogP contribution in [-0.4, -0.2) is 23.9 Å². The van der Waals surface area contributed by atoms with E-state index in [1.807, 2.05) is 27.7 Å². The second-order valence-corrected chi connectivity index (χ2v) is 7.50. The van der Waals surface area contributed by atoms with Crippen LogP contribution in [0.3, 0.4) is 0 Å². The molecule has 2 N–H and O–H groups in total. The van der Waals surface area contributed by atoms with E-state index in [1.165, 1.54) is 36.0 Å². The fourth-order valence-corrected chi connectivity index (χ4v) is 3.37. The molecule has 30 heavy (non-hydrogen) atoms. The van der Waals surface area contributed by atoms with Crippen LogP contribution in [0.25, 0.3) is 0 Å². The maximum Gasteiger partial charge on any atom is 0.573 e. The number of alkyl halides is 3. The average molecular weight is 440 g/mol. The Kier molecular flexibility index (Phi) is 8.16. The third-order valence-corrected chi connectivity index (χ3v) is 5.10. The lowest BCUT2D eigenvalue weighted by molar-refractivity contribution is -0.274. The maximum atomic E-state index is 12.3. The van der Waals surface area contributed by atoms with Crippen LogP contribution in [-0.2, 0) is 4.79 Å². The summed E-state index contributed by atoms with van der Waals surface area (Å²) in [6, 6.07) is 5.43. The van der Waals surface area contributed by atoms with E-state index in [0.717, 1.165) is 17.6 Å². The molecule has 1 amide bonds. The molecule has 162 valence electrons. The van der Waals surface area contributed by atoms with Gasteiger partial charge in [-0.05, 0) is 57.5 Å². The van der Waals surface area contributed by atoms with E-state index < -0.39 is 6.36 Å². The number of likely N-dealkylation sites (N-methyl/N-ethyl adjacent to an activating group) is 1. The smallest absolute Gasteiger partial charge is 0.406 e. The fraction of sp³-hybridized carbons (Fsp3) is 0.333. The summed E-state index contributed by atoms with van der Waals surface area (Å²) in [4.78, 5) is 17.3. The largest absolute Gasteiger partial charge is 0.573 e. The van der Waals surface area contributed by atoms with Gasteiger partial charge in [-0.2, -0.15) is 0 Å². The van der Waals surface area contributed by atoms with Gasteiger partial charge in [0, 0.05) is 29.7 Å². The van der Waals surface area contributed by atoms with Gasteiger partial charge in [-0.25, -0.2) is 4.99 Å². The molecule has 0 bridgehead atoms. The van der Waals surface area contributed by atoms with Crippen molar-refractivity contribution in [3.8, 4) is 5.75 Å². The summed E-state index contributed by atoms with van der Waals surface area (Å²) in [5, 5.41) is 6.59. The Morgan fingerprint density at radius 1 is 1.20 bits per heavy atom. The molecular formula is C21H24F3N3O2S. The van der Waals surface area contributed by atoms with Crippen LogP contribution in [0.1, 0.15) is 34.1 Å². The van der Waals surface area contributed by atoms with Crippen molar-refractivity contribution in [2.45, 2.75) is 40.5 Å². The predicted molar refractivity (Wildman–Crippen MR) is 115 cm³/mol. The SMILES string of the molecule is CCNC(=O)C1=CC(=C(/C)Nc2ccc(OC(F)(F)F)cc2)/C(=N\C=C(/C)CC)S1. The zero-order chi connectivity index (χ0) is 22.3. The van der Waals surface area contributed by atoms with Crippen molar-refractivity contribution in [3.63, 3.8) is 0 Å². The van der Waals surface area contributed by atoms with Crippen molar-refractivity contribution in [3.05, 3.63) is 58.3 Å². The van der Waals surface area contributed by atoms with Gasteiger partial charge >= 0.3 is 6.36 Å². The standard InChI is InChI=1S/C21H24F3N3O2S/c1-5-13(3)12-26-20-17(11-18(30-20)19(28)25-6-2)14(4)27-15-7-9-16(10-8-15)29-21(22,23)24/h7-12,27H,5-6H2,1-4H3,(H,25,28)/b13-12+,17-14+,26-20+. The topological polar surface area (TPSA) is 62.7 Å². The van der Waals surface area contributed by atoms with E-state index in [-0.39, 0.29) is 11.7 Å². The molecule has 1 aromatic rings. The minimum atomic E-state index is -4.73. The highest BCUT2D eigenvalue weighted by Gasteiger charge is 2.31. The number of benzene rings is 1. The second kappa shape index (κ2) is 10.4. The third-order valence-electron chi connectivity index (χ3n) is 4.06. The van der Waals surface area contributed by atoms with E-state index in [0.29, 0.717) is 27.9 Å². The Hall–Kier alpha value is -2.68. The molecule has 0 aromatic heterocycles. The van der Waals surface area contributed by atoms with Crippen molar-refractivity contribution in [1.82, 2.24) is 5.32 Å². The third kappa shape index (κ3) is 6.98. The number of nitrogens with one attached hydrogen (secondary N) is 2. The van der Waals surface area contributed by atoms with Crippen molar-refractivity contribution < 1.29 is 22.7 Å². The second-order valence-electron chi connectivity index (χ2n) is 6.47. The Bertz CT molecular complexity index is 901. The fourth-order valence-electron chi connectivity index (χ4n) is 2.39. The molecule has 0 aliphatic carbocycles. The van der Waals surface area contributed by atoms with Crippen LogP contribution in [0.2, 0.25) is 0 Å². The molecule has 0 spiro atoms. The van der Waals surface area contributed by atoms with Gasteiger partial charge in [-0.15, -0.1) is 13.2 Å². The quantitative estimate of drug-likeness (QED) is 0.568. The molecule has 0 saturated carbocycles. The van der Waals surface area contributed by atoms with Crippen LogP contribution in [0.4, 0.5) is 18.9 Å². The zero-order valence-electron chi connectivity index (χ0n) is 17.2. The summed E-state index contributed by atoms with van der Waals surface area (Å²) in [5.41, 5.74) is 3.14. The number of ether oxygens (including phenoxy) is 1. The highest BCUT2D eigenvalue weighted by molar-refractivity contribution is 8.18. The average Bonchev–Trinajstić information content (AvgIpc) is 3.11. The van der Waals surface area contributed by atoms with E-state index in [1.54, 1.807) is 12.3 Å². The minimum absolute atomic E-state index is 0.178. The van der Waals surface area contributed by atoms with Gasteiger partial charge in [0.05, 0.1) is 4.91 Å². The first-order valence-corrected chi connectivity index (χ1v) is 10.2. The highest BCUT2D eigenvalue weighted by atomic mass is 32.2. The van der Waals surface area contributed by atoms with Crippen LogP contribution in [0, 0.1) is 0 Å². The Morgan fingerprint density at radius 2 is 1.87 bits per heavy atom. The first kappa shape index (κ1) is 23.6. The number of rotatable bonds is 7. The molecule has 1 aliphatic rings. The number of amides is 1. The van der Waals surface area contributed by atoms with Gasteiger partial charge in [0.1, 0.15) is 10.8 Å². The lowest BCUT2D eigenvalue weighted by Gasteiger charge is -2.12. The molecule has 9 heteroatoms. The minimum Gasteiger partial charge on any atom is -0.406 e. The number of hydrogen-bond donors (Lipinski definition) is 2. The van der Waals surface area contributed by atoms with Crippen molar-refractivity contribution in [2.75, 3.05) is 11.9 Å². The summed E-state index contributed by atoms with van der Waals surface area (Å²) < 4.78 is 40.8. The number of carbonyl (C=O) groups excluding carboxylic acids is 1. The van der Waals surface area contributed by atoms with Gasteiger partial charge in [0.2, 0.25) is 0 Å². The zero-order valence-corrected chi connectivity index (χ0v) is 18.0. The van der Waals surface area contributed by atoms with E-state index in [9.17, 15) is 18.0 Å². The summed E-state index contributed by atoms with van der Waals surface area (Å²) in [6.45, 7) is 8.18. The summed E-state index contributed by atoms with van der Waals surface area (Å²) in [7, 11) is 0. The molecule has 0 saturated heterocycles. The first-order chi connectivity index (χ1) is 14.1. The number of anilines is 1. The lowest BCUT2D eigenvalue weighted by atomic mass is 10.2. The monoisotopic (exact) mass is 439 g/mol. The Labute approximate surface area is 178 Å². The number of halogens is 3. The molecule has 1 aliphatic heterocycles. The number of allylic oxidation sites excluding steroid dienone is 3. The van der Waals surface area contributed by atoms with E-state index in [2.05, 4.69) is 20.4 Å². The number of nitrogens with zero attached hydrogens (tertiary/aromatic N) is 1. The molecule has 0 radical (unpaired) electrons. The van der Waals surface area contributed by atoms with E-state index >= 15 is 0 Å². The van der Waals surface area contributed by atoms with Crippen LogP contribution in [0.5, 0.6) is 5.75 Å². The first-order valence-electron chi connectivity index (χ1n) is 9.38. The highest BCUT2D eigenvalue weighted by Crippen LogP contribution is 2.34. The van der Waals surface area contributed by atoms with Crippen molar-refractivity contribution in [2.24, 2.45) is 4.99 Å². The van der Waals surface area contributed by atoms with E-state index in [4.69, 9.17) is 0 Å². The van der Waals surface area contributed by atoms with Gasteiger partial charge in [-0.3, -0.25) is 4.79 Å². The molecule has 0 fully saturated rings. The Balaban J connectivity index is 2.30. The summed E-state index contributed by atoms with van der Waals surface area (Å²) in [6.07, 6.45) is -0.342. The number of hydrogen-bond acceptors (Lipinski definition) is 5. The molecule has 5 nitrogen and oxygen atoms in total. The molecule has 1 heterocycles. The number of thioether (sulfide) groups is 1. The Morgan fingerprint density at radius 3 is 2.43 bits per heavy atom. The number of aliphatic imine (C=N–C) groups is 1. The molecule has 2 rings (SSSR count). The summed E-state index contributed by atoms with van der Waals surface area (Å²) in [5.74, 6) is -0.474. The lowest BCUT2D eigenvalue weighted by Crippen LogP contribution is -2.22. The summed E-state index contributed by atoms with van der Waals surface area (Å²) >= 11 is 1.28. The van der Waals surface area contributed by atoms with Crippen LogP contribution < -0.4 is 15.4 Å². The van der Waals surface area contributed by atoms with Gasteiger partial charge < -0.3 is 15.4 Å².